The van der Waals surface area contributed by atoms with Crippen LogP contribution in [0, 0.1) is 0 Å². The SMILES string of the molecule is CC1(C)c2ccccc2-c2ccc(N(c3cc(-c4ccc(-c5ccccc5)cc4)nc(-c4ccc(-c5ccccc5)cc4)c3)c3ccc4c(c3)C(C)(C)c3ccccc3-4)cc21. The van der Waals surface area contributed by atoms with Crippen LogP contribution < -0.4 is 4.90 Å². The van der Waals surface area contributed by atoms with Crippen LogP contribution in [0.2, 0.25) is 0 Å². The van der Waals surface area contributed by atoms with Crippen molar-refractivity contribution in [3.63, 3.8) is 0 Å². The number of hydrogen-bond donors (Lipinski definition) is 0. The molecular weight excluding hydrogens is 737 g/mol. The van der Waals surface area contributed by atoms with E-state index in [0.717, 1.165) is 39.6 Å². The van der Waals surface area contributed by atoms with E-state index in [-0.39, 0.29) is 10.8 Å². The van der Waals surface area contributed by atoms with Crippen LogP contribution in [0.3, 0.4) is 0 Å². The molecule has 1 heterocycles. The normalized spacial score (nSPS) is 13.8. The lowest BCUT2D eigenvalue weighted by Gasteiger charge is -2.30. The fraction of sp³-hybridized carbons (Fsp3) is 0.102. The molecule has 0 bridgehead atoms. The highest BCUT2D eigenvalue weighted by Crippen LogP contribution is 2.53. The molecule has 2 nitrogen and oxygen atoms in total. The molecule has 0 atom stereocenters. The van der Waals surface area contributed by atoms with Crippen LogP contribution in [0.25, 0.3) is 67.0 Å². The summed E-state index contributed by atoms with van der Waals surface area (Å²) in [7, 11) is 0. The van der Waals surface area contributed by atoms with Gasteiger partial charge in [-0.15, -0.1) is 0 Å². The average molecular weight is 783 g/mol. The van der Waals surface area contributed by atoms with Crippen molar-refractivity contribution >= 4 is 17.1 Å². The van der Waals surface area contributed by atoms with E-state index in [0.29, 0.717) is 0 Å². The maximum absolute atomic E-state index is 5.44. The van der Waals surface area contributed by atoms with Gasteiger partial charge in [0, 0.05) is 33.3 Å². The van der Waals surface area contributed by atoms with Gasteiger partial charge in [-0.2, -0.15) is 0 Å². The minimum absolute atomic E-state index is 0.148. The van der Waals surface area contributed by atoms with Gasteiger partial charge in [0.1, 0.15) is 0 Å². The third-order valence-corrected chi connectivity index (χ3v) is 13.3. The van der Waals surface area contributed by atoms with E-state index in [2.05, 4.69) is 239 Å². The average Bonchev–Trinajstić information content (AvgIpc) is 3.68. The molecule has 0 fully saturated rings. The molecule has 0 unspecified atom stereocenters. The number of benzene rings is 8. The fourth-order valence-electron chi connectivity index (χ4n) is 9.98. The summed E-state index contributed by atoms with van der Waals surface area (Å²) in [4.78, 5) is 7.90. The van der Waals surface area contributed by atoms with Crippen LogP contribution in [0.4, 0.5) is 17.1 Å². The number of fused-ring (bicyclic) bond motifs is 6. The predicted octanol–water partition coefficient (Wildman–Crippen LogP) is 15.8. The van der Waals surface area contributed by atoms with Gasteiger partial charge in [-0.25, -0.2) is 4.98 Å². The lowest BCUT2D eigenvalue weighted by atomic mass is 9.82. The Morgan fingerprint density at radius 1 is 0.295 bits per heavy atom. The number of anilines is 3. The van der Waals surface area contributed by atoms with E-state index >= 15 is 0 Å². The Labute approximate surface area is 359 Å². The maximum Gasteiger partial charge on any atom is 0.0730 e. The molecular formula is C59H46N2. The van der Waals surface area contributed by atoms with Crippen LogP contribution in [0.5, 0.6) is 0 Å². The predicted molar refractivity (Wildman–Crippen MR) is 256 cm³/mol. The minimum Gasteiger partial charge on any atom is -0.310 e. The van der Waals surface area contributed by atoms with E-state index in [9.17, 15) is 0 Å². The Morgan fingerprint density at radius 2 is 0.639 bits per heavy atom. The maximum atomic E-state index is 5.44. The largest absolute Gasteiger partial charge is 0.310 e. The molecule has 61 heavy (non-hydrogen) atoms. The third kappa shape index (κ3) is 6.13. The summed E-state index contributed by atoms with van der Waals surface area (Å²) >= 11 is 0. The summed E-state index contributed by atoms with van der Waals surface area (Å²) in [5.74, 6) is 0. The van der Waals surface area contributed by atoms with Gasteiger partial charge in [-0.3, -0.25) is 0 Å². The molecule has 0 spiro atoms. The molecule has 2 aliphatic carbocycles. The number of aromatic nitrogens is 1. The van der Waals surface area contributed by atoms with E-state index < -0.39 is 0 Å². The zero-order chi connectivity index (χ0) is 41.3. The van der Waals surface area contributed by atoms with Crippen LogP contribution in [-0.4, -0.2) is 4.98 Å². The lowest BCUT2D eigenvalue weighted by molar-refractivity contribution is 0.660. The highest BCUT2D eigenvalue weighted by atomic mass is 15.1. The van der Waals surface area contributed by atoms with Crippen LogP contribution >= 0.6 is 0 Å². The Bertz CT molecular complexity index is 2900. The Hall–Kier alpha value is -7.29. The Kier molecular flexibility index (Phi) is 8.54. The molecule has 292 valence electrons. The van der Waals surface area contributed by atoms with E-state index in [1.807, 2.05) is 0 Å². The van der Waals surface area contributed by atoms with Gasteiger partial charge >= 0.3 is 0 Å². The summed E-state index contributed by atoms with van der Waals surface area (Å²) in [6.07, 6.45) is 0. The topological polar surface area (TPSA) is 16.1 Å². The molecule has 11 rings (SSSR count). The first kappa shape index (κ1) is 36.8. The molecule has 0 saturated heterocycles. The zero-order valence-electron chi connectivity index (χ0n) is 35.0. The Morgan fingerprint density at radius 3 is 1.07 bits per heavy atom. The second kappa shape index (κ2) is 14.2. The van der Waals surface area contributed by atoms with Gasteiger partial charge in [0.2, 0.25) is 0 Å². The van der Waals surface area contributed by atoms with Crippen molar-refractivity contribution in [1.82, 2.24) is 4.98 Å². The molecule has 2 aliphatic rings. The van der Waals surface area contributed by atoms with Crippen molar-refractivity contribution in [2.24, 2.45) is 0 Å². The van der Waals surface area contributed by atoms with E-state index in [1.54, 1.807) is 0 Å². The van der Waals surface area contributed by atoms with Gasteiger partial charge in [-0.05, 0) is 103 Å². The van der Waals surface area contributed by atoms with Crippen molar-refractivity contribution in [2.45, 2.75) is 38.5 Å². The number of hydrogen-bond acceptors (Lipinski definition) is 2. The highest BCUT2D eigenvalue weighted by Gasteiger charge is 2.38. The quantitative estimate of drug-likeness (QED) is 0.160. The third-order valence-electron chi connectivity index (χ3n) is 13.3. The molecule has 8 aromatic carbocycles. The highest BCUT2D eigenvalue weighted by molar-refractivity contribution is 5.90. The van der Waals surface area contributed by atoms with Crippen molar-refractivity contribution in [3.8, 4) is 67.0 Å². The summed E-state index contributed by atoms with van der Waals surface area (Å²) in [5, 5.41) is 0. The molecule has 0 amide bonds. The second-order valence-electron chi connectivity index (χ2n) is 17.6. The molecule has 0 aliphatic heterocycles. The van der Waals surface area contributed by atoms with Crippen LogP contribution in [0.15, 0.2) is 206 Å². The molecule has 2 heteroatoms. The van der Waals surface area contributed by atoms with Crippen molar-refractivity contribution in [1.29, 1.82) is 0 Å². The standard InChI is InChI=1S/C59H46N2/c1-58(2)52-21-13-11-19-48(52)50-33-31-45(35-54(50)58)61(46-32-34-51-49-20-12-14-22-53(49)59(3,4)55(51)36-46)47-37-56(43-27-23-41(24-28-43)39-15-7-5-8-16-39)60-57(38-47)44-29-25-42(26-30-44)40-17-9-6-10-18-40/h5-38H,1-4H3. The zero-order valence-corrected chi connectivity index (χ0v) is 35.0. The van der Waals surface area contributed by atoms with Crippen molar-refractivity contribution < 1.29 is 0 Å². The first-order valence-corrected chi connectivity index (χ1v) is 21.4. The van der Waals surface area contributed by atoms with Gasteiger partial charge in [-0.1, -0.05) is 198 Å². The summed E-state index contributed by atoms with van der Waals surface area (Å²) in [5.41, 5.74) is 22.4. The monoisotopic (exact) mass is 782 g/mol. The summed E-state index contributed by atoms with van der Waals surface area (Å²) < 4.78 is 0. The first-order valence-electron chi connectivity index (χ1n) is 21.4. The van der Waals surface area contributed by atoms with Crippen molar-refractivity contribution in [3.05, 3.63) is 229 Å². The molecule has 0 radical (unpaired) electrons. The summed E-state index contributed by atoms with van der Waals surface area (Å²) in [6, 6.07) is 75.4. The molecule has 0 N–H and O–H groups in total. The van der Waals surface area contributed by atoms with Crippen molar-refractivity contribution in [2.75, 3.05) is 4.90 Å². The fourth-order valence-corrected chi connectivity index (χ4v) is 9.98. The number of nitrogens with zero attached hydrogens (tertiary/aromatic N) is 2. The van der Waals surface area contributed by atoms with E-state index in [4.69, 9.17) is 4.98 Å². The van der Waals surface area contributed by atoms with Crippen LogP contribution in [0.1, 0.15) is 49.9 Å². The Balaban J connectivity index is 1.12. The van der Waals surface area contributed by atoms with Gasteiger partial charge in [0.05, 0.1) is 17.1 Å². The lowest BCUT2D eigenvalue weighted by Crippen LogP contribution is -2.18. The van der Waals surface area contributed by atoms with Gasteiger partial charge in [0.15, 0.2) is 0 Å². The molecule has 9 aromatic rings. The minimum atomic E-state index is -0.148. The van der Waals surface area contributed by atoms with Gasteiger partial charge < -0.3 is 4.90 Å². The van der Waals surface area contributed by atoms with E-state index in [1.165, 1.54) is 66.8 Å². The van der Waals surface area contributed by atoms with Gasteiger partial charge in [0.25, 0.3) is 0 Å². The van der Waals surface area contributed by atoms with Crippen LogP contribution in [-0.2, 0) is 10.8 Å². The number of rotatable bonds is 7. The smallest absolute Gasteiger partial charge is 0.0730 e. The molecule has 0 saturated carbocycles. The first-order chi connectivity index (χ1) is 29.7. The second-order valence-corrected chi connectivity index (χ2v) is 17.6. The molecule has 1 aromatic heterocycles. The summed E-state index contributed by atoms with van der Waals surface area (Å²) in [6.45, 7) is 9.45. The number of pyridine rings is 1.